The fourth-order valence-electron chi connectivity index (χ4n) is 3.69. The Morgan fingerprint density at radius 2 is 2.07 bits per heavy atom. The van der Waals surface area contributed by atoms with Crippen LogP contribution in [0.3, 0.4) is 0 Å². The quantitative estimate of drug-likeness (QED) is 0.708. The lowest BCUT2D eigenvalue weighted by Crippen LogP contribution is -2.35. The van der Waals surface area contributed by atoms with Crippen LogP contribution >= 0.6 is 0 Å². The highest BCUT2D eigenvalue weighted by Crippen LogP contribution is 2.32. The number of hydrogen-bond donors (Lipinski definition) is 1. The number of aromatic amines is 1. The van der Waals surface area contributed by atoms with Crippen LogP contribution in [0, 0.1) is 24.4 Å². The minimum absolute atomic E-state index is 0.0664. The maximum Gasteiger partial charge on any atom is 0.288 e. The number of halogens is 3. The van der Waals surface area contributed by atoms with Gasteiger partial charge in [0.1, 0.15) is 11.6 Å². The molecule has 1 aromatic carbocycles. The van der Waals surface area contributed by atoms with Gasteiger partial charge in [-0.1, -0.05) is 6.07 Å². The average molecular weight is 416 g/mol. The van der Waals surface area contributed by atoms with Crippen LogP contribution in [0.5, 0.6) is 5.88 Å². The number of pyridine rings is 1. The molecule has 1 atom stereocenters. The minimum Gasteiger partial charge on any atom is -0.478 e. The van der Waals surface area contributed by atoms with Crippen LogP contribution in [0.25, 0.3) is 0 Å². The van der Waals surface area contributed by atoms with E-state index in [1.165, 1.54) is 10.6 Å². The van der Waals surface area contributed by atoms with E-state index in [0.29, 0.717) is 30.3 Å². The fraction of sp³-hybridized carbons (Fsp3) is 0.286. The zero-order chi connectivity index (χ0) is 21.4. The SMILES string of the molecule is CCOc1ccc(/N=c2\[nH]c(=O)c(F)c3n2C(c2ccc(F)cc2F)CC3)c(C)n1. The Balaban J connectivity index is 1.91. The van der Waals surface area contributed by atoms with Crippen molar-refractivity contribution in [2.45, 2.75) is 32.7 Å². The normalized spacial score (nSPS) is 16.0. The van der Waals surface area contributed by atoms with Gasteiger partial charge in [0.2, 0.25) is 17.3 Å². The molecular weight excluding hydrogens is 397 g/mol. The topological polar surface area (TPSA) is 72.3 Å². The second-order valence-electron chi connectivity index (χ2n) is 6.93. The highest BCUT2D eigenvalue weighted by molar-refractivity contribution is 5.43. The molecule has 3 heterocycles. The Morgan fingerprint density at radius 3 is 2.77 bits per heavy atom. The number of hydrogen-bond acceptors (Lipinski definition) is 4. The van der Waals surface area contributed by atoms with Gasteiger partial charge in [-0.05, 0) is 38.8 Å². The summed E-state index contributed by atoms with van der Waals surface area (Å²) < 4.78 is 49.1. The highest BCUT2D eigenvalue weighted by atomic mass is 19.1. The van der Waals surface area contributed by atoms with Crippen LogP contribution in [-0.2, 0) is 6.42 Å². The van der Waals surface area contributed by atoms with Crippen LogP contribution in [0.1, 0.15) is 36.3 Å². The Morgan fingerprint density at radius 1 is 1.27 bits per heavy atom. The molecule has 0 bridgehead atoms. The molecular formula is C21H19F3N4O2. The summed E-state index contributed by atoms with van der Waals surface area (Å²) in [5.74, 6) is -1.93. The number of fused-ring (bicyclic) bond motifs is 1. The fourth-order valence-corrected chi connectivity index (χ4v) is 3.69. The number of benzene rings is 1. The van der Waals surface area contributed by atoms with Gasteiger partial charge in [0.25, 0.3) is 5.56 Å². The number of aryl methyl sites for hydroxylation is 1. The maximum atomic E-state index is 14.5. The summed E-state index contributed by atoms with van der Waals surface area (Å²) in [6.07, 6.45) is 0.570. The van der Waals surface area contributed by atoms with Crippen molar-refractivity contribution in [3.8, 4) is 5.88 Å². The molecule has 0 spiro atoms. The van der Waals surface area contributed by atoms with Crippen molar-refractivity contribution in [3.05, 3.63) is 80.7 Å². The first-order chi connectivity index (χ1) is 14.4. The van der Waals surface area contributed by atoms with E-state index < -0.39 is 29.1 Å². The van der Waals surface area contributed by atoms with Crippen LogP contribution in [0.4, 0.5) is 18.9 Å². The largest absolute Gasteiger partial charge is 0.478 e. The molecule has 0 radical (unpaired) electrons. The number of H-pyrrole nitrogens is 1. The van der Waals surface area contributed by atoms with Gasteiger partial charge in [0, 0.05) is 17.7 Å². The molecule has 0 saturated heterocycles. The molecule has 0 amide bonds. The number of nitrogens with zero attached hydrogens (tertiary/aromatic N) is 3. The smallest absolute Gasteiger partial charge is 0.288 e. The van der Waals surface area contributed by atoms with Crippen molar-refractivity contribution < 1.29 is 17.9 Å². The summed E-state index contributed by atoms with van der Waals surface area (Å²) in [6, 6.07) is 5.93. The first-order valence-electron chi connectivity index (χ1n) is 9.52. The second-order valence-corrected chi connectivity index (χ2v) is 6.93. The van der Waals surface area contributed by atoms with Crippen molar-refractivity contribution in [1.29, 1.82) is 0 Å². The highest BCUT2D eigenvalue weighted by Gasteiger charge is 2.30. The molecule has 9 heteroatoms. The molecule has 2 aromatic heterocycles. The third-order valence-electron chi connectivity index (χ3n) is 5.04. The monoisotopic (exact) mass is 416 g/mol. The molecule has 0 saturated carbocycles. The molecule has 1 N–H and O–H groups in total. The zero-order valence-electron chi connectivity index (χ0n) is 16.4. The third-order valence-corrected chi connectivity index (χ3v) is 5.04. The van der Waals surface area contributed by atoms with E-state index in [9.17, 15) is 18.0 Å². The Hall–Kier alpha value is -3.36. The number of nitrogens with one attached hydrogen (secondary N) is 1. The summed E-state index contributed by atoms with van der Waals surface area (Å²) in [5, 5.41) is 0. The van der Waals surface area contributed by atoms with Gasteiger partial charge in [-0.2, -0.15) is 4.39 Å². The van der Waals surface area contributed by atoms with Crippen molar-refractivity contribution in [1.82, 2.24) is 14.5 Å². The van der Waals surface area contributed by atoms with Crippen LogP contribution in [0.2, 0.25) is 0 Å². The van der Waals surface area contributed by atoms with E-state index in [4.69, 9.17) is 4.74 Å². The third kappa shape index (κ3) is 3.51. The molecule has 1 aliphatic heterocycles. The van der Waals surface area contributed by atoms with Crippen LogP contribution in [-0.4, -0.2) is 21.1 Å². The van der Waals surface area contributed by atoms with Crippen molar-refractivity contribution >= 4 is 5.69 Å². The molecule has 0 aliphatic carbocycles. The Labute approximate surface area is 169 Å². The van der Waals surface area contributed by atoms with Gasteiger partial charge in [-0.15, -0.1) is 0 Å². The van der Waals surface area contributed by atoms with Gasteiger partial charge in [-0.3, -0.25) is 9.78 Å². The molecule has 156 valence electrons. The second kappa shape index (κ2) is 7.81. The van der Waals surface area contributed by atoms with Gasteiger partial charge < -0.3 is 9.30 Å². The molecule has 3 aromatic rings. The predicted molar refractivity (Wildman–Crippen MR) is 103 cm³/mol. The minimum atomic E-state index is -0.930. The first-order valence-corrected chi connectivity index (χ1v) is 9.52. The van der Waals surface area contributed by atoms with Gasteiger partial charge in [-0.25, -0.2) is 18.8 Å². The molecule has 1 aliphatic rings. The van der Waals surface area contributed by atoms with Crippen molar-refractivity contribution in [2.24, 2.45) is 4.99 Å². The summed E-state index contributed by atoms with van der Waals surface area (Å²) in [6.45, 7) is 4.03. The van der Waals surface area contributed by atoms with E-state index in [0.717, 1.165) is 12.1 Å². The maximum absolute atomic E-state index is 14.5. The Bertz CT molecular complexity index is 1250. The number of ether oxygens (including phenoxy) is 1. The van der Waals surface area contributed by atoms with Gasteiger partial charge in [0.05, 0.1) is 29.7 Å². The summed E-state index contributed by atoms with van der Waals surface area (Å²) in [4.78, 5) is 23.3. The Kier molecular flexibility index (Phi) is 5.19. The van der Waals surface area contributed by atoms with Crippen molar-refractivity contribution in [2.75, 3.05) is 6.61 Å². The van der Waals surface area contributed by atoms with E-state index in [1.54, 1.807) is 19.1 Å². The lowest BCUT2D eigenvalue weighted by atomic mass is 10.0. The first kappa shape index (κ1) is 19.9. The van der Waals surface area contributed by atoms with Crippen LogP contribution in [0.15, 0.2) is 40.1 Å². The molecule has 4 rings (SSSR count). The lowest BCUT2D eigenvalue weighted by Gasteiger charge is -2.17. The summed E-state index contributed by atoms with van der Waals surface area (Å²) >= 11 is 0. The number of rotatable bonds is 4. The van der Waals surface area contributed by atoms with Gasteiger partial charge in [0.15, 0.2) is 0 Å². The van der Waals surface area contributed by atoms with Crippen LogP contribution < -0.4 is 15.9 Å². The summed E-state index contributed by atoms with van der Waals surface area (Å²) in [7, 11) is 0. The molecule has 30 heavy (non-hydrogen) atoms. The lowest BCUT2D eigenvalue weighted by molar-refractivity contribution is 0.326. The molecule has 0 fully saturated rings. The van der Waals surface area contributed by atoms with E-state index in [1.807, 2.05) is 6.92 Å². The van der Waals surface area contributed by atoms with Gasteiger partial charge >= 0.3 is 0 Å². The van der Waals surface area contributed by atoms with E-state index in [2.05, 4.69) is 15.0 Å². The standard InChI is InChI=1S/C21H19F3N4O2/c1-3-30-18-9-6-15(11(2)25-18)26-21-27-20(29)19(24)17-8-7-16(28(17)21)13-5-4-12(22)10-14(13)23/h4-6,9-10,16H,3,7-8H2,1-2H3,(H,26,27,29). The predicted octanol–water partition coefficient (Wildman–Crippen LogP) is 3.46. The summed E-state index contributed by atoms with van der Waals surface area (Å²) in [5.41, 5.74) is 0.476. The van der Waals surface area contributed by atoms with Crippen molar-refractivity contribution in [3.63, 3.8) is 0 Å². The van der Waals surface area contributed by atoms with E-state index in [-0.39, 0.29) is 23.3 Å². The zero-order valence-corrected chi connectivity index (χ0v) is 16.4. The molecule has 6 nitrogen and oxygen atoms in total. The number of aromatic nitrogens is 3. The molecule has 1 unspecified atom stereocenters. The van der Waals surface area contributed by atoms with E-state index >= 15 is 0 Å². The average Bonchev–Trinajstić information content (AvgIpc) is 3.13.